The molecule has 0 saturated heterocycles. The Morgan fingerprint density at radius 3 is 2.50 bits per heavy atom. The molecule has 22 heavy (non-hydrogen) atoms. The molecule has 0 saturated carbocycles. The van der Waals surface area contributed by atoms with Gasteiger partial charge in [-0.1, -0.05) is 35.8 Å². The summed E-state index contributed by atoms with van der Waals surface area (Å²) in [5, 5.41) is 3.30. The molecule has 0 unspecified atom stereocenters. The van der Waals surface area contributed by atoms with Gasteiger partial charge in [0.1, 0.15) is 7.85 Å². The quantitative estimate of drug-likeness (QED) is 0.855. The first-order chi connectivity index (χ1) is 10.6. The highest BCUT2D eigenvalue weighted by atomic mass is 15.1. The molecule has 1 heterocycles. The summed E-state index contributed by atoms with van der Waals surface area (Å²) in [5.41, 5.74) is 9.21. The molecular formula is C19H23BN2. The minimum atomic E-state index is 0.950. The molecule has 1 N–H and O–H groups in total. The topological polar surface area (TPSA) is 15.3 Å². The summed E-state index contributed by atoms with van der Waals surface area (Å²) >= 11 is 0. The van der Waals surface area contributed by atoms with Crippen LogP contribution in [0.25, 0.3) is 6.08 Å². The number of rotatable bonds is 2. The van der Waals surface area contributed by atoms with Crippen molar-refractivity contribution in [1.82, 2.24) is 0 Å². The van der Waals surface area contributed by atoms with Gasteiger partial charge in [-0.05, 0) is 48.2 Å². The van der Waals surface area contributed by atoms with Gasteiger partial charge in [0.2, 0.25) is 0 Å². The number of benzene rings is 2. The highest BCUT2D eigenvalue weighted by Crippen LogP contribution is 2.29. The molecule has 0 atom stereocenters. The van der Waals surface area contributed by atoms with Crippen molar-refractivity contribution >= 4 is 30.8 Å². The van der Waals surface area contributed by atoms with E-state index in [-0.39, 0.29) is 0 Å². The maximum atomic E-state index is 3.30. The van der Waals surface area contributed by atoms with Gasteiger partial charge < -0.3 is 10.2 Å². The lowest BCUT2D eigenvalue weighted by Crippen LogP contribution is -2.22. The molecule has 1 aliphatic rings. The monoisotopic (exact) mass is 290 g/mol. The lowest BCUT2D eigenvalue weighted by Gasteiger charge is -2.25. The second kappa shape index (κ2) is 5.92. The molecule has 1 aliphatic heterocycles. The van der Waals surface area contributed by atoms with Gasteiger partial charge in [0.15, 0.2) is 0 Å². The van der Waals surface area contributed by atoms with E-state index in [1.165, 1.54) is 39.1 Å². The molecule has 0 amide bonds. The van der Waals surface area contributed by atoms with Gasteiger partial charge in [0, 0.05) is 31.5 Å². The van der Waals surface area contributed by atoms with E-state index in [4.69, 9.17) is 0 Å². The molecule has 3 heteroatoms. The van der Waals surface area contributed by atoms with Crippen molar-refractivity contribution in [3.63, 3.8) is 0 Å². The molecule has 2 aromatic rings. The first-order valence-electron chi connectivity index (χ1n) is 7.88. The Labute approximate surface area is 134 Å². The van der Waals surface area contributed by atoms with E-state index in [1.54, 1.807) is 0 Å². The van der Waals surface area contributed by atoms with E-state index in [0.717, 1.165) is 13.1 Å². The van der Waals surface area contributed by atoms with Crippen molar-refractivity contribution in [3.05, 3.63) is 58.7 Å². The smallest absolute Gasteiger partial charge is 0.139 e. The van der Waals surface area contributed by atoms with Gasteiger partial charge in [0.05, 0.1) is 0 Å². The van der Waals surface area contributed by atoms with E-state index >= 15 is 0 Å². The van der Waals surface area contributed by atoms with Crippen LogP contribution in [0.2, 0.25) is 0 Å². The molecule has 3 rings (SSSR count). The third kappa shape index (κ3) is 2.76. The van der Waals surface area contributed by atoms with Crippen LogP contribution in [-0.4, -0.2) is 21.4 Å². The van der Waals surface area contributed by atoms with E-state index in [9.17, 15) is 0 Å². The Bertz CT molecular complexity index is 711. The minimum Gasteiger partial charge on any atom is -0.388 e. The number of hydrogen-bond acceptors (Lipinski definition) is 2. The van der Waals surface area contributed by atoms with Gasteiger partial charge in [-0.2, -0.15) is 0 Å². The van der Waals surface area contributed by atoms with Gasteiger partial charge in [-0.3, -0.25) is 0 Å². The van der Waals surface area contributed by atoms with Crippen LogP contribution < -0.4 is 15.7 Å². The molecular weight excluding hydrogens is 267 g/mol. The molecule has 0 fully saturated rings. The Kier molecular flexibility index (Phi) is 3.97. The van der Waals surface area contributed by atoms with Crippen molar-refractivity contribution < 1.29 is 0 Å². The predicted molar refractivity (Wildman–Crippen MR) is 100 cm³/mol. The van der Waals surface area contributed by atoms with Crippen LogP contribution in [0.15, 0.2) is 36.4 Å². The van der Waals surface area contributed by atoms with Crippen LogP contribution in [0.4, 0.5) is 11.4 Å². The van der Waals surface area contributed by atoms with E-state index < -0.39 is 0 Å². The van der Waals surface area contributed by atoms with Gasteiger partial charge in [-0.15, -0.1) is 0 Å². The third-order valence-electron chi connectivity index (χ3n) is 4.42. The van der Waals surface area contributed by atoms with Crippen LogP contribution >= 0.6 is 0 Å². The van der Waals surface area contributed by atoms with Crippen molar-refractivity contribution in [1.29, 1.82) is 0 Å². The molecule has 112 valence electrons. The highest BCUT2D eigenvalue weighted by molar-refractivity contribution is 6.32. The largest absolute Gasteiger partial charge is 0.388 e. The normalized spacial score (nSPS) is 13.7. The summed E-state index contributed by atoms with van der Waals surface area (Å²) in [6.45, 7) is 6.26. The van der Waals surface area contributed by atoms with E-state index in [0.29, 0.717) is 0 Å². The first-order valence-corrected chi connectivity index (χ1v) is 7.88. The average molecular weight is 290 g/mol. The summed E-state index contributed by atoms with van der Waals surface area (Å²) in [4.78, 5) is 2.44. The summed E-state index contributed by atoms with van der Waals surface area (Å²) in [7, 11) is 4.14. The number of fused-ring (bicyclic) bond motifs is 1. The fourth-order valence-electron chi connectivity index (χ4n) is 3.30. The van der Waals surface area contributed by atoms with Gasteiger partial charge >= 0.3 is 0 Å². The number of nitrogens with zero attached hydrogens (tertiary/aromatic N) is 1. The van der Waals surface area contributed by atoms with Gasteiger partial charge in [-0.25, -0.2) is 0 Å². The minimum absolute atomic E-state index is 0.950. The van der Waals surface area contributed by atoms with Crippen molar-refractivity contribution in [2.24, 2.45) is 0 Å². The Morgan fingerprint density at radius 2 is 1.82 bits per heavy atom. The van der Waals surface area contributed by atoms with Gasteiger partial charge in [0.25, 0.3) is 0 Å². The molecule has 0 aliphatic carbocycles. The second-order valence-electron chi connectivity index (χ2n) is 6.19. The fraction of sp³-hybridized carbons (Fsp3) is 0.263. The Morgan fingerprint density at radius 1 is 1.09 bits per heavy atom. The zero-order valence-corrected chi connectivity index (χ0v) is 13.9. The molecule has 2 nitrogen and oxygen atoms in total. The zero-order valence-electron chi connectivity index (χ0n) is 13.9. The molecule has 0 spiro atoms. The summed E-state index contributed by atoms with van der Waals surface area (Å²) in [6.07, 6.45) is 4.52. The van der Waals surface area contributed by atoms with Crippen molar-refractivity contribution in [2.75, 3.05) is 23.8 Å². The maximum Gasteiger partial charge on any atom is 0.139 e. The summed E-state index contributed by atoms with van der Waals surface area (Å²) in [5.74, 6) is 0. The van der Waals surface area contributed by atoms with E-state index in [2.05, 4.69) is 74.4 Å². The summed E-state index contributed by atoms with van der Waals surface area (Å²) < 4.78 is 0. The standard InChI is InChI=1S/C19H23BN2/c1-13-9-18(10-14(2)19(13)21-3)22-8-4-5-15-11-17(20)7-6-16(15)12-22/h4-7,9-11,21H,8,12,20H2,1-3H3. The first kappa shape index (κ1) is 14.8. The lowest BCUT2D eigenvalue weighted by atomic mass is 9.92. The Balaban J connectivity index is 1.97. The predicted octanol–water partition coefficient (Wildman–Crippen LogP) is 2.64. The Hall–Kier alpha value is -2.16. The van der Waals surface area contributed by atoms with Crippen LogP contribution in [0.1, 0.15) is 22.3 Å². The number of hydrogen-bond donors (Lipinski definition) is 1. The fourth-order valence-corrected chi connectivity index (χ4v) is 3.30. The van der Waals surface area contributed by atoms with Crippen LogP contribution in [0.3, 0.4) is 0 Å². The van der Waals surface area contributed by atoms with Crippen LogP contribution in [0.5, 0.6) is 0 Å². The van der Waals surface area contributed by atoms with Crippen LogP contribution in [0, 0.1) is 13.8 Å². The third-order valence-corrected chi connectivity index (χ3v) is 4.42. The highest BCUT2D eigenvalue weighted by Gasteiger charge is 2.13. The molecule has 0 aromatic heterocycles. The van der Waals surface area contributed by atoms with Crippen molar-refractivity contribution in [3.8, 4) is 0 Å². The average Bonchev–Trinajstić information content (AvgIpc) is 2.68. The number of aryl methyl sites for hydroxylation is 2. The molecule has 0 radical (unpaired) electrons. The van der Waals surface area contributed by atoms with E-state index in [1.807, 2.05) is 7.05 Å². The molecule has 0 bridgehead atoms. The second-order valence-corrected chi connectivity index (χ2v) is 6.19. The SMILES string of the molecule is Bc1ccc2c(c1)C=CCN(c1cc(C)c(NC)c(C)c1)C2. The molecule has 2 aromatic carbocycles. The maximum absolute atomic E-state index is 3.30. The van der Waals surface area contributed by atoms with Crippen LogP contribution in [-0.2, 0) is 6.54 Å². The number of nitrogens with one attached hydrogen (secondary N) is 1. The van der Waals surface area contributed by atoms with Crippen molar-refractivity contribution in [2.45, 2.75) is 20.4 Å². The number of anilines is 2. The summed E-state index contributed by atoms with van der Waals surface area (Å²) in [6, 6.07) is 11.3. The zero-order chi connectivity index (χ0) is 15.7. The lowest BCUT2D eigenvalue weighted by molar-refractivity contribution is 0.873.